The van der Waals surface area contributed by atoms with E-state index in [9.17, 15) is 9.59 Å². The minimum Gasteiger partial charge on any atom is -0.356 e. The Morgan fingerprint density at radius 1 is 1.09 bits per heavy atom. The molecule has 1 N–H and O–H groups in total. The Bertz CT molecular complexity index is 369. The lowest BCUT2D eigenvalue weighted by Crippen LogP contribution is -2.42. The average Bonchev–Trinajstić information content (AvgIpc) is 2.54. The molecule has 0 aromatic heterocycles. The van der Waals surface area contributed by atoms with Crippen molar-refractivity contribution in [1.29, 1.82) is 0 Å². The molecule has 1 aliphatic heterocycles. The molecule has 0 aromatic carbocycles. The number of hydrogen-bond acceptors (Lipinski definition) is 2. The first-order chi connectivity index (χ1) is 10.6. The highest BCUT2D eigenvalue weighted by Gasteiger charge is 2.27. The maximum absolute atomic E-state index is 12.5. The smallest absolute Gasteiger partial charge is 0.222 e. The summed E-state index contributed by atoms with van der Waals surface area (Å²) in [6.07, 6.45) is 9.45. The summed E-state index contributed by atoms with van der Waals surface area (Å²) in [5.41, 5.74) is 0. The molecule has 0 radical (unpaired) electrons. The zero-order valence-electron chi connectivity index (χ0n) is 14.3. The number of piperidine rings is 1. The monoisotopic (exact) mass is 308 g/mol. The van der Waals surface area contributed by atoms with Gasteiger partial charge in [0.05, 0.1) is 0 Å². The maximum Gasteiger partial charge on any atom is 0.222 e. The van der Waals surface area contributed by atoms with E-state index in [1.165, 1.54) is 32.1 Å². The molecular weight excluding hydrogens is 276 g/mol. The number of likely N-dealkylation sites (tertiary alicyclic amines) is 1. The van der Waals surface area contributed by atoms with Crippen molar-refractivity contribution in [1.82, 2.24) is 10.2 Å². The third kappa shape index (κ3) is 5.29. The van der Waals surface area contributed by atoms with E-state index in [0.29, 0.717) is 17.7 Å². The molecule has 2 amide bonds. The highest BCUT2D eigenvalue weighted by Crippen LogP contribution is 2.32. The van der Waals surface area contributed by atoms with Gasteiger partial charge in [0, 0.05) is 33.0 Å². The lowest BCUT2D eigenvalue weighted by molar-refractivity contribution is -0.134. The first-order valence-electron chi connectivity index (χ1n) is 9.08. The van der Waals surface area contributed by atoms with Gasteiger partial charge in [-0.05, 0) is 30.6 Å². The molecule has 126 valence electrons. The molecule has 2 fully saturated rings. The van der Waals surface area contributed by atoms with Crippen LogP contribution in [0.1, 0.15) is 65.2 Å². The van der Waals surface area contributed by atoms with E-state index in [2.05, 4.69) is 12.2 Å². The van der Waals surface area contributed by atoms with Crippen LogP contribution in [-0.4, -0.2) is 36.3 Å². The fourth-order valence-electron chi connectivity index (χ4n) is 3.95. The fraction of sp³-hybridized carbons (Fsp3) is 0.889. The van der Waals surface area contributed by atoms with E-state index in [1.807, 2.05) is 4.90 Å². The standard InChI is InChI=1S/C18H32N2O2/c1-14(17-6-4-3-5-7-17)12-18(22)20-10-8-16(9-11-20)13-19-15(2)21/h14,16-17H,3-13H2,1-2H3,(H,19,21)/t14-/m0/s1. The molecule has 4 heteroatoms. The zero-order chi connectivity index (χ0) is 15.9. The number of nitrogens with zero attached hydrogens (tertiary/aromatic N) is 1. The van der Waals surface area contributed by atoms with Gasteiger partial charge in [-0.2, -0.15) is 0 Å². The number of amides is 2. The minimum atomic E-state index is 0.0415. The van der Waals surface area contributed by atoms with Crippen molar-refractivity contribution in [3.63, 3.8) is 0 Å². The van der Waals surface area contributed by atoms with Crippen LogP contribution in [0.5, 0.6) is 0 Å². The predicted molar refractivity (Wildman–Crippen MR) is 88.3 cm³/mol. The summed E-state index contributed by atoms with van der Waals surface area (Å²) in [7, 11) is 0. The Balaban J connectivity index is 1.69. The molecular formula is C18H32N2O2. The second kappa shape index (κ2) is 8.54. The minimum absolute atomic E-state index is 0.0415. The number of hydrogen-bond donors (Lipinski definition) is 1. The van der Waals surface area contributed by atoms with Crippen molar-refractivity contribution in [3.05, 3.63) is 0 Å². The Morgan fingerprint density at radius 3 is 2.32 bits per heavy atom. The highest BCUT2D eigenvalue weighted by molar-refractivity contribution is 5.76. The van der Waals surface area contributed by atoms with Crippen LogP contribution in [-0.2, 0) is 9.59 Å². The summed E-state index contributed by atoms with van der Waals surface area (Å²) in [5.74, 6) is 2.21. The summed E-state index contributed by atoms with van der Waals surface area (Å²) in [6.45, 7) is 6.31. The SMILES string of the molecule is CC(=O)NCC1CCN(C(=O)C[C@H](C)C2CCCCC2)CC1. The maximum atomic E-state index is 12.5. The van der Waals surface area contributed by atoms with Crippen molar-refractivity contribution in [2.75, 3.05) is 19.6 Å². The first kappa shape index (κ1) is 17.3. The highest BCUT2D eigenvalue weighted by atomic mass is 16.2. The van der Waals surface area contributed by atoms with Crippen LogP contribution in [0.2, 0.25) is 0 Å². The molecule has 0 unspecified atom stereocenters. The number of rotatable bonds is 5. The molecule has 4 nitrogen and oxygen atoms in total. The van der Waals surface area contributed by atoms with Crippen LogP contribution in [0.15, 0.2) is 0 Å². The van der Waals surface area contributed by atoms with Crippen LogP contribution in [0.25, 0.3) is 0 Å². The molecule has 1 atom stereocenters. The summed E-state index contributed by atoms with van der Waals surface area (Å²) >= 11 is 0. The molecule has 2 aliphatic rings. The third-order valence-corrected chi connectivity index (χ3v) is 5.56. The molecule has 1 heterocycles. The Kier molecular flexibility index (Phi) is 6.71. The number of carbonyl (C=O) groups is 2. The van der Waals surface area contributed by atoms with Crippen LogP contribution in [0.4, 0.5) is 0 Å². The van der Waals surface area contributed by atoms with Gasteiger partial charge in [-0.3, -0.25) is 9.59 Å². The topological polar surface area (TPSA) is 49.4 Å². The molecule has 0 aromatic rings. The Morgan fingerprint density at radius 2 is 1.73 bits per heavy atom. The van der Waals surface area contributed by atoms with Gasteiger partial charge in [-0.1, -0.05) is 39.0 Å². The first-order valence-corrected chi connectivity index (χ1v) is 9.08. The van der Waals surface area contributed by atoms with E-state index in [1.54, 1.807) is 6.92 Å². The van der Waals surface area contributed by atoms with Crippen molar-refractivity contribution in [2.45, 2.75) is 65.2 Å². The van der Waals surface area contributed by atoms with Crippen molar-refractivity contribution < 1.29 is 9.59 Å². The van der Waals surface area contributed by atoms with Gasteiger partial charge in [0.25, 0.3) is 0 Å². The number of carbonyl (C=O) groups excluding carboxylic acids is 2. The Labute approximate surface area is 135 Å². The van der Waals surface area contributed by atoms with Gasteiger partial charge in [-0.25, -0.2) is 0 Å². The van der Waals surface area contributed by atoms with Gasteiger partial charge in [0.1, 0.15) is 0 Å². The summed E-state index contributed by atoms with van der Waals surface area (Å²) in [4.78, 5) is 25.5. The van der Waals surface area contributed by atoms with Gasteiger partial charge in [-0.15, -0.1) is 0 Å². The lowest BCUT2D eigenvalue weighted by atomic mass is 9.79. The van der Waals surface area contributed by atoms with Crippen molar-refractivity contribution >= 4 is 11.8 Å². The largest absolute Gasteiger partial charge is 0.356 e. The second-order valence-corrected chi connectivity index (χ2v) is 7.34. The zero-order valence-corrected chi connectivity index (χ0v) is 14.3. The van der Waals surface area contributed by atoms with Gasteiger partial charge in [0.15, 0.2) is 0 Å². The van der Waals surface area contributed by atoms with E-state index >= 15 is 0 Å². The van der Waals surface area contributed by atoms with E-state index < -0.39 is 0 Å². The lowest BCUT2D eigenvalue weighted by Gasteiger charge is -2.34. The molecule has 1 saturated heterocycles. The summed E-state index contributed by atoms with van der Waals surface area (Å²) in [5, 5.41) is 2.89. The van der Waals surface area contributed by atoms with Crippen LogP contribution < -0.4 is 5.32 Å². The third-order valence-electron chi connectivity index (χ3n) is 5.56. The summed E-state index contributed by atoms with van der Waals surface area (Å²) < 4.78 is 0. The van der Waals surface area contributed by atoms with Crippen LogP contribution in [0, 0.1) is 17.8 Å². The molecule has 0 spiro atoms. The van der Waals surface area contributed by atoms with Gasteiger partial charge >= 0.3 is 0 Å². The fourth-order valence-corrected chi connectivity index (χ4v) is 3.95. The summed E-state index contributed by atoms with van der Waals surface area (Å²) in [6, 6.07) is 0. The second-order valence-electron chi connectivity index (χ2n) is 7.34. The Hall–Kier alpha value is -1.06. The number of nitrogens with one attached hydrogen (secondary N) is 1. The molecule has 22 heavy (non-hydrogen) atoms. The van der Waals surface area contributed by atoms with E-state index in [-0.39, 0.29) is 5.91 Å². The van der Waals surface area contributed by atoms with Crippen LogP contribution in [0.3, 0.4) is 0 Å². The quantitative estimate of drug-likeness (QED) is 0.849. The van der Waals surface area contributed by atoms with Gasteiger partial charge in [0.2, 0.25) is 11.8 Å². The van der Waals surface area contributed by atoms with Crippen molar-refractivity contribution in [2.24, 2.45) is 17.8 Å². The van der Waals surface area contributed by atoms with Crippen LogP contribution >= 0.6 is 0 Å². The molecule has 2 rings (SSSR count). The predicted octanol–water partition coefficient (Wildman–Crippen LogP) is 2.97. The molecule has 0 bridgehead atoms. The normalized spacial score (nSPS) is 22.4. The average molecular weight is 308 g/mol. The van der Waals surface area contributed by atoms with E-state index in [4.69, 9.17) is 0 Å². The molecule has 1 saturated carbocycles. The van der Waals surface area contributed by atoms with E-state index in [0.717, 1.165) is 44.8 Å². The van der Waals surface area contributed by atoms with Gasteiger partial charge < -0.3 is 10.2 Å². The van der Waals surface area contributed by atoms with Crippen molar-refractivity contribution in [3.8, 4) is 0 Å². The molecule has 1 aliphatic carbocycles.